The number of hydrogen-bond donors (Lipinski definition) is 1. The molecule has 0 bridgehead atoms. The number of carbonyl (C=O) groups is 2. The van der Waals surface area contributed by atoms with E-state index in [4.69, 9.17) is 21.3 Å². The van der Waals surface area contributed by atoms with Crippen molar-refractivity contribution in [1.29, 1.82) is 0 Å². The van der Waals surface area contributed by atoms with Gasteiger partial charge in [-0.3, -0.25) is 19.0 Å². The molecule has 1 aliphatic heterocycles. The summed E-state index contributed by atoms with van der Waals surface area (Å²) in [6.45, 7) is 4.81. The van der Waals surface area contributed by atoms with Crippen LogP contribution in [0.5, 0.6) is 0 Å². The zero-order chi connectivity index (χ0) is 24.2. The van der Waals surface area contributed by atoms with Crippen molar-refractivity contribution in [1.82, 2.24) is 14.9 Å². The molecule has 1 saturated heterocycles. The van der Waals surface area contributed by atoms with E-state index in [0.717, 1.165) is 12.8 Å². The zero-order valence-electron chi connectivity index (χ0n) is 19.0. The highest BCUT2D eigenvalue weighted by Gasteiger charge is 2.21. The Labute approximate surface area is 206 Å². The standard InChI is InChI=1S/C25H26ClN3O4S/c1-15(2)27-23(31)17-7-10-20-21(12-17)28-25(29(24(20)32)13-19-4-3-11-33-19)34-14-22(30)16-5-8-18(26)9-6-16/h5-10,12,15,19H,3-4,11,13-14H2,1-2H3,(H,27,31)/t19-/m0/s1. The Hall–Kier alpha value is -2.68. The van der Waals surface area contributed by atoms with Crippen LogP contribution in [0.15, 0.2) is 52.4 Å². The number of amides is 1. The van der Waals surface area contributed by atoms with Gasteiger partial charge in [0.15, 0.2) is 10.9 Å². The molecular weight excluding hydrogens is 474 g/mol. The first kappa shape index (κ1) is 24.4. The van der Waals surface area contributed by atoms with Gasteiger partial charge in [-0.25, -0.2) is 4.98 Å². The molecule has 0 unspecified atom stereocenters. The molecule has 9 heteroatoms. The molecule has 7 nitrogen and oxygen atoms in total. The summed E-state index contributed by atoms with van der Waals surface area (Å²) in [5, 5.41) is 4.26. The van der Waals surface area contributed by atoms with Gasteiger partial charge in [0.2, 0.25) is 0 Å². The van der Waals surface area contributed by atoms with Gasteiger partial charge in [0.05, 0.1) is 29.3 Å². The van der Waals surface area contributed by atoms with E-state index in [9.17, 15) is 14.4 Å². The fraction of sp³-hybridized carbons (Fsp3) is 0.360. The lowest BCUT2D eigenvalue weighted by Crippen LogP contribution is -2.31. The van der Waals surface area contributed by atoms with Gasteiger partial charge in [0.25, 0.3) is 11.5 Å². The lowest BCUT2D eigenvalue weighted by Gasteiger charge is -2.17. The lowest BCUT2D eigenvalue weighted by molar-refractivity contribution is 0.0936. The molecule has 2 heterocycles. The minimum absolute atomic E-state index is 0.0134. The first-order valence-electron chi connectivity index (χ1n) is 11.2. The highest BCUT2D eigenvalue weighted by atomic mass is 35.5. The molecule has 3 aromatic rings. The highest BCUT2D eigenvalue weighted by Crippen LogP contribution is 2.23. The molecule has 1 aromatic heterocycles. The number of benzene rings is 2. The molecule has 178 valence electrons. The molecule has 4 rings (SSSR count). The Morgan fingerprint density at radius 3 is 2.62 bits per heavy atom. The van der Waals surface area contributed by atoms with Crippen LogP contribution in [-0.2, 0) is 11.3 Å². The molecule has 1 aliphatic rings. The fourth-order valence-electron chi connectivity index (χ4n) is 3.80. The van der Waals surface area contributed by atoms with E-state index in [1.165, 1.54) is 11.8 Å². The summed E-state index contributed by atoms with van der Waals surface area (Å²) in [5.41, 5.74) is 1.18. The predicted octanol–water partition coefficient (Wildman–Crippen LogP) is 4.34. The quantitative estimate of drug-likeness (QED) is 0.281. The molecule has 1 amide bonds. The van der Waals surface area contributed by atoms with E-state index in [1.54, 1.807) is 47.0 Å². The number of nitrogens with one attached hydrogen (secondary N) is 1. The molecule has 1 fully saturated rings. The molecule has 2 aromatic carbocycles. The second kappa shape index (κ2) is 10.7. The van der Waals surface area contributed by atoms with Crippen LogP contribution in [0.25, 0.3) is 10.9 Å². The third-order valence-corrected chi connectivity index (χ3v) is 6.74. The number of nitrogens with zero attached hydrogens (tertiary/aromatic N) is 2. The Balaban J connectivity index is 1.68. The minimum atomic E-state index is -0.227. The van der Waals surface area contributed by atoms with Gasteiger partial charge < -0.3 is 10.1 Å². The van der Waals surface area contributed by atoms with E-state index in [2.05, 4.69) is 5.32 Å². The smallest absolute Gasteiger partial charge is 0.262 e. The van der Waals surface area contributed by atoms with E-state index < -0.39 is 0 Å². The second-order valence-electron chi connectivity index (χ2n) is 8.52. The monoisotopic (exact) mass is 499 g/mol. The first-order valence-corrected chi connectivity index (χ1v) is 12.6. The summed E-state index contributed by atoms with van der Waals surface area (Å²) < 4.78 is 7.33. The van der Waals surface area contributed by atoms with Crippen molar-refractivity contribution in [2.75, 3.05) is 12.4 Å². The number of halogens is 1. The normalized spacial score (nSPS) is 15.7. The molecule has 1 N–H and O–H groups in total. The van der Waals surface area contributed by atoms with Crippen LogP contribution in [0.2, 0.25) is 5.02 Å². The second-order valence-corrected chi connectivity index (χ2v) is 9.90. The average molecular weight is 500 g/mol. The molecule has 1 atom stereocenters. The van der Waals surface area contributed by atoms with Crippen LogP contribution in [0, 0.1) is 0 Å². The number of ether oxygens (including phenoxy) is 1. The van der Waals surface area contributed by atoms with Crippen molar-refractivity contribution in [2.45, 2.75) is 50.5 Å². The van der Waals surface area contributed by atoms with Gasteiger partial charge in [0, 0.05) is 28.8 Å². The number of carbonyl (C=O) groups excluding carboxylic acids is 2. The maximum absolute atomic E-state index is 13.4. The van der Waals surface area contributed by atoms with Gasteiger partial charge >= 0.3 is 0 Å². The summed E-state index contributed by atoms with van der Waals surface area (Å²) in [6, 6.07) is 11.6. The number of ketones is 1. The molecular formula is C25H26ClN3O4S. The third-order valence-electron chi connectivity index (χ3n) is 5.51. The maximum Gasteiger partial charge on any atom is 0.262 e. The number of aromatic nitrogens is 2. The fourth-order valence-corrected chi connectivity index (χ4v) is 4.83. The number of thioether (sulfide) groups is 1. The topological polar surface area (TPSA) is 90.3 Å². The van der Waals surface area contributed by atoms with E-state index in [1.807, 2.05) is 13.8 Å². The minimum Gasteiger partial charge on any atom is -0.376 e. The van der Waals surface area contributed by atoms with Crippen molar-refractivity contribution >= 4 is 46.0 Å². The van der Waals surface area contributed by atoms with Gasteiger partial charge in [-0.05, 0) is 69.2 Å². The van der Waals surface area contributed by atoms with Gasteiger partial charge in [0.1, 0.15) is 0 Å². The molecule has 0 aliphatic carbocycles. The SMILES string of the molecule is CC(C)NC(=O)c1ccc2c(=O)n(C[C@@H]3CCCO3)c(SCC(=O)c3ccc(Cl)cc3)nc2c1. The van der Waals surface area contributed by atoms with Crippen molar-refractivity contribution in [3.8, 4) is 0 Å². The lowest BCUT2D eigenvalue weighted by atomic mass is 10.1. The first-order chi connectivity index (χ1) is 16.3. The molecule has 34 heavy (non-hydrogen) atoms. The Morgan fingerprint density at radius 2 is 1.94 bits per heavy atom. The van der Waals surface area contributed by atoms with Crippen LogP contribution in [0.1, 0.15) is 47.4 Å². The summed E-state index contributed by atoms with van der Waals surface area (Å²) in [6.07, 6.45) is 1.75. The van der Waals surface area contributed by atoms with Crippen molar-refractivity contribution < 1.29 is 14.3 Å². The number of rotatable bonds is 8. The number of fused-ring (bicyclic) bond motifs is 1. The Bertz CT molecular complexity index is 1270. The molecule has 0 saturated carbocycles. The Morgan fingerprint density at radius 1 is 1.21 bits per heavy atom. The van der Waals surface area contributed by atoms with E-state index in [0.29, 0.717) is 45.4 Å². The van der Waals surface area contributed by atoms with E-state index in [-0.39, 0.29) is 35.1 Å². The van der Waals surface area contributed by atoms with Crippen molar-refractivity contribution in [2.24, 2.45) is 0 Å². The van der Waals surface area contributed by atoms with Gasteiger partial charge in [-0.1, -0.05) is 23.4 Å². The molecule has 0 spiro atoms. The maximum atomic E-state index is 13.4. The third kappa shape index (κ3) is 5.68. The zero-order valence-corrected chi connectivity index (χ0v) is 20.6. The van der Waals surface area contributed by atoms with Crippen LogP contribution in [0.4, 0.5) is 0 Å². The summed E-state index contributed by atoms with van der Waals surface area (Å²) >= 11 is 7.13. The Kier molecular flexibility index (Phi) is 7.70. The average Bonchev–Trinajstić information content (AvgIpc) is 3.32. The summed E-state index contributed by atoms with van der Waals surface area (Å²) in [7, 11) is 0. The predicted molar refractivity (Wildman–Crippen MR) is 134 cm³/mol. The molecule has 0 radical (unpaired) electrons. The summed E-state index contributed by atoms with van der Waals surface area (Å²) in [5.74, 6) is -0.211. The van der Waals surface area contributed by atoms with E-state index >= 15 is 0 Å². The van der Waals surface area contributed by atoms with Crippen molar-refractivity contribution in [3.63, 3.8) is 0 Å². The summed E-state index contributed by atoms with van der Waals surface area (Å²) in [4.78, 5) is 43.3. The van der Waals surface area contributed by atoms with Gasteiger partial charge in [-0.15, -0.1) is 0 Å². The van der Waals surface area contributed by atoms with Crippen LogP contribution in [0.3, 0.4) is 0 Å². The van der Waals surface area contributed by atoms with Gasteiger partial charge in [-0.2, -0.15) is 0 Å². The largest absolute Gasteiger partial charge is 0.376 e. The van der Waals surface area contributed by atoms with Crippen LogP contribution in [-0.4, -0.2) is 45.7 Å². The number of hydrogen-bond acceptors (Lipinski definition) is 6. The number of Topliss-reactive ketones (excluding diaryl/α,β-unsaturated/α-hetero) is 1. The van der Waals surface area contributed by atoms with Crippen molar-refractivity contribution in [3.05, 3.63) is 69.0 Å². The highest BCUT2D eigenvalue weighted by molar-refractivity contribution is 7.99. The van der Waals surface area contributed by atoms with Crippen LogP contribution < -0.4 is 10.9 Å². The van der Waals surface area contributed by atoms with Crippen LogP contribution >= 0.6 is 23.4 Å².